The second kappa shape index (κ2) is 8.47. The Morgan fingerprint density at radius 1 is 1.22 bits per heavy atom. The number of anilines is 1. The van der Waals surface area contributed by atoms with Crippen LogP contribution in [0.2, 0.25) is 5.02 Å². The molecule has 0 radical (unpaired) electrons. The summed E-state index contributed by atoms with van der Waals surface area (Å²) < 4.78 is 5.10. The van der Waals surface area contributed by atoms with Crippen LogP contribution in [0.1, 0.15) is 19.3 Å². The van der Waals surface area contributed by atoms with Crippen molar-refractivity contribution in [2.45, 2.75) is 25.3 Å². The number of ether oxygens (including phenoxy) is 1. The number of nitrogens with one attached hydrogen (secondary N) is 2. The van der Waals surface area contributed by atoms with Gasteiger partial charge in [0.05, 0.1) is 12.1 Å². The Bertz CT molecular complexity index is 742. The van der Waals surface area contributed by atoms with Gasteiger partial charge in [0.2, 0.25) is 11.8 Å². The number of rotatable bonds is 3. The van der Waals surface area contributed by atoms with Gasteiger partial charge in [-0.2, -0.15) is 0 Å². The number of carbonyl (C=O) groups excluding carboxylic acids is 3. The molecule has 0 aromatic heterocycles. The third kappa shape index (κ3) is 4.63. The van der Waals surface area contributed by atoms with E-state index in [-0.39, 0.29) is 17.8 Å². The largest absolute Gasteiger partial charge is 0.495 e. The maximum Gasteiger partial charge on any atom is 0.321 e. The van der Waals surface area contributed by atoms with Crippen LogP contribution in [0.5, 0.6) is 5.75 Å². The lowest BCUT2D eigenvalue weighted by molar-refractivity contribution is -0.134. The molecular formula is C18H23ClN4O4. The summed E-state index contributed by atoms with van der Waals surface area (Å²) in [5.74, 6) is 0.393. The molecular weight excluding hydrogens is 372 g/mol. The minimum absolute atomic E-state index is 0.0648. The predicted octanol–water partition coefficient (Wildman–Crippen LogP) is 1.69. The molecule has 2 N–H and O–H groups in total. The lowest BCUT2D eigenvalue weighted by atomic mass is 10.2. The lowest BCUT2D eigenvalue weighted by Gasteiger charge is -2.24. The van der Waals surface area contributed by atoms with Gasteiger partial charge in [0.15, 0.2) is 0 Å². The minimum Gasteiger partial charge on any atom is -0.495 e. The van der Waals surface area contributed by atoms with Crippen molar-refractivity contribution in [1.82, 2.24) is 15.1 Å². The van der Waals surface area contributed by atoms with Crippen LogP contribution in [-0.2, 0) is 9.59 Å². The van der Waals surface area contributed by atoms with Crippen LogP contribution in [-0.4, -0.2) is 67.0 Å². The first-order chi connectivity index (χ1) is 13.0. The fourth-order valence-electron chi connectivity index (χ4n) is 3.31. The topological polar surface area (TPSA) is 91.0 Å². The van der Waals surface area contributed by atoms with Gasteiger partial charge in [0.25, 0.3) is 0 Å². The van der Waals surface area contributed by atoms with E-state index in [1.54, 1.807) is 28.0 Å². The molecule has 0 aliphatic carbocycles. The first-order valence-corrected chi connectivity index (χ1v) is 9.33. The zero-order chi connectivity index (χ0) is 19.4. The van der Waals surface area contributed by atoms with Gasteiger partial charge in [0, 0.05) is 38.3 Å². The van der Waals surface area contributed by atoms with Gasteiger partial charge in [-0.1, -0.05) is 11.6 Å². The molecule has 9 heteroatoms. The van der Waals surface area contributed by atoms with Gasteiger partial charge in [-0.15, -0.1) is 0 Å². The molecule has 8 nitrogen and oxygen atoms in total. The summed E-state index contributed by atoms with van der Waals surface area (Å²) in [5, 5.41) is 5.95. The Morgan fingerprint density at radius 2 is 1.96 bits per heavy atom. The fourth-order valence-corrected chi connectivity index (χ4v) is 3.56. The Labute approximate surface area is 162 Å². The van der Waals surface area contributed by atoms with E-state index >= 15 is 0 Å². The standard InChI is InChI=1S/C18H23ClN4O4/c1-27-15-5-3-12(11-13(15)19)20-18(26)23-8-2-7-22(9-10-23)17(25)14-4-6-16(24)21-14/h3,5,11,14H,2,4,6-10H2,1H3,(H,20,26)(H,21,24). The van der Waals surface area contributed by atoms with Gasteiger partial charge in [-0.3, -0.25) is 9.59 Å². The highest BCUT2D eigenvalue weighted by atomic mass is 35.5. The molecule has 1 aromatic carbocycles. The van der Waals surface area contributed by atoms with Crippen LogP contribution < -0.4 is 15.4 Å². The molecule has 0 saturated carbocycles. The number of methoxy groups -OCH3 is 1. The van der Waals surface area contributed by atoms with E-state index in [0.29, 0.717) is 61.9 Å². The van der Waals surface area contributed by atoms with Crippen molar-refractivity contribution in [3.05, 3.63) is 23.2 Å². The number of halogens is 1. The number of amides is 4. The quantitative estimate of drug-likeness (QED) is 0.816. The van der Waals surface area contributed by atoms with Gasteiger partial charge < -0.3 is 25.2 Å². The molecule has 0 spiro atoms. The summed E-state index contributed by atoms with van der Waals surface area (Å²) in [6, 6.07) is 4.38. The number of benzene rings is 1. The highest BCUT2D eigenvalue weighted by Crippen LogP contribution is 2.27. The summed E-state index contributed by atoms with van der Waals surface area (Å²) in [6.07, 6.45) is 1.61. The highest BCUT2D eigenvalue weighted by Gasteiger charge is 2.32. The van der Waals surface area contributed by atoms with Gasteiger partial charge in [0.1, 0.15) is 11.8 Å². The van der Waals surface area contributed by atoms with E-state index in [9.17, 15) is 14.4 Å². The molecule has 146 valence electrons. The van der Waals surface area contributed by atoms with Crippen molar-refractivity contribution < 1.29 is 19.1 Å². The summed E-state index contributed by atoms with van der Waals surface area (Å²) in [5.41, 5.74) is 0.580. The Kier molecular flexibility index (Phi) is 6.05. The van der Waals surface area contributed by atoms with Gasteiger partial charge >= 0.3 is 6.03 Å². The van der Waals surface area contributed by atoms with Crippen molar-refractivity contribution in [2.75, 3.05) is 38.6 Å². The zero-order valence-corrected chi connectivity index (χ0v) is 15.9. The SMILES string of the molecule is COc1ccc(NC(=O)N2CCCN(C(=O)C3CCC(=O)N3)CC2)cc1Cl. The summed E-state index contributed by atoms with van der Waals surface area (Å²) in [7, 11) is 1.53. The average Bonchev–Trinajstić information content (AvgIpc) is 2.93. The molecule has 2 saturated heterocycles. The van der Waals surface area contributed by atoms with Crippen molar-refractivity contribution in [3.8, 4) is 5.75 Å². The van der Waals surface area contributed by atoms with Crippen molar-refractivity contribution in [1.29, 1.82) is 0 Å². The third-order valence-electron chi connectivity index (χ3n) is 4.79. The first kappa shape index (κ1) is 19.3. The highest BCUT2D eigenvalue weighted by molar-refractivity contribution is 6.32. The molecule has 27 heavy (non-hydrogen) atoms. The molecule has 1 unspecified atom stereocenters. The smallest absolute Gasteiger partial charge is 0.321 e. The van der Waals surface area contributed by atoms with Crippen LogP contribution in [0, 0.1) is 0 Å². The van der Waals surface area contributed by atoms with Crippen LogP contribution in [0.4, 0.5) is 10.5 Å². The molecule has 0 bridgehead atoms. The summed E-state index contributed by atoms with van der Waals surface area (Å²) in [4.78, 5) is 39.8. The van der Waals surface area contributed by atoms with Gasteiger partial charge in [-0.05, 0) is 31.0 Å². The first-order valence-electron chi connectivity index (χ1n) is 8.95. The Balaban J connectivity index is 1.55. The molecule has 2 aliphatic heterocycles. The van der Waals surface area contributed by atoms with Crippen LogP contribution >= 0.6 is 11.6 Å². The molecule has 2 aliphatic rings. The summed E-state index contributed by atoms with van der Waals surface area (Å²) >= 11 is 6.09. The molecule has 4 amide bonds. The zero-order valence-electron chi connectivity index (χ0n) is 15.2. The molecule has 1 atom stereocenters. The van der Waals surface area contributed by atoms with E-state index in [1.165, 1.54) is 7.11 Å². The van der Waals surface area contributed by atoms with Crippen molar-refractivity contribution >= 4 is 35.1 Å². The second-order valence-electron chi connectivity index (χ2n) is 6.60. The fraction of sp³-hybridized carbons (Fsp3) is 0.500. The number of hydrogen-bond donors (Lipinski definition) is 2. The Morgan fingerprint density at radius 3 is 2.63 bits per heavy atom. The molecule has 2 heterocycles. The van der Waals surface area contributed by atoms with E-state index in [1.807, 2.05) is 0 Å². The summed E-state index contributed by atoms with van der Waals surface area (Å²) in [6.45, 7) is 2.00. The number of urea groups is 1. The second-order valence-corrected chi connectivity index (χ2v) is 7.01. The number of carbonyl (C=O) groups is 3. The van der Waals surface area contributed by atoms with Crippen LogP contribution in [0.15, 0.2) is 18.2 Å². The maximum atomic E-state index is 12.5. The van der Waals surface area contributed by atoms with E-state index in [0.717, 1.165) is 0 Å². The third-order valence-corrected chi connectivity index (χ3v) is 5.09. The van der Waals surface area contributed by atoms with Crippen LogP contribution in [0.3, 0.4) is 0 Å². The lowest BCUT2D eigenvalue weighted by Crippen LogP contribution is -2.46. The molecule has 2 fully saturated rings. The van der Waals surface area contributed by atoms with E-state index in [4.69, 9.17) is 16.3 Å². The van der Waals surface area contributed by atoms with Gasteiger partial charge in [-0.25, -0.2) is 4.79 Å². The van der Waals surface area contributed by atoms with Crippen molar-refractivity contribution in [3.63, 3.8) is 0 Å². The molecule has 1 aromatic rings. The van der Waals surface area contributed by atoms with E-state index < -0.39 is 6.04 Å². The Hall–Kier alpha value is -2.48. The number of hydrogen-bond acceptors (Lipinski definition) is 4. The maximum absolute atomic E-state index is 12.5. The predicted molar refractivity (Wildman–Crippen MR) is 101 cm³/mol. The number of nitrogens with zero attached hydrogens (tertiary/aromatic N) is 2. The monoisotopic (exact) mass is 394 g/mol. The minimum atomic E-state index is -0.431. The average molecular weight is 395 g/mol. The van der Waals surface area contributed by atoms with Crippen molar-refractivity contribution in [2.24, 2.45) is 0 Å². The van der Waals surface area contributed by atoms with E-state index in [2.05, 4.69) is 10.6 Å². The normalized spacial score (nSPS) is 20.1. The van der Waals surface area contributed by atoms with Crippen LogP contribution in [0.25, 0.3) is 0 Å². The molecule has 3 rings (SSSR count).